The van der Waals surface area contributed by atoms with Crippen LogP contribution in [0.3, 0.4) is 0 Å². The van der Waals surface area contributed by atoms with Gasteiger partial charge in [-0.15, -0.1) is 0 Å². The summed E-state index contributed by atoms with van der Waals surface area (Å²) in [4.78, 5) is 28.1. The van der Waals surface area contributed by atoms with E-state index in [0.29, 0.717) is 29.8 Å². The molecule has 0 radical (unpaired) electrons. The largest absolute Gasteiger partial charge is 0.359 e. The maximum absolute atomic E-state index is 12.5. The first-order chi connectivity index (χ1) is 12.3. The number of aromatic nitrogens is 1. The first-order valence-electron chi connectivity index (χ1n) is 8.35. The number of nitrogens with zero attached hydrogens (tertiary/aromatic N) is 2. The second-order valence-electron chi connectivity index (χ2n) is 6.61. The highest BCUT2D eigenvalue weighted by Gasteiger charge is 2.22. The summed E-state index contributed by atoms with van der Waals surface area (Å²) >= 11 is 0. The van der Waals surface area contributed by atoms with Gasteiger partial charge in [0, 0.05) is 30.1 Å². The van der Waals surface area contributed by atoms with Crippen molar-refractivity contribution in [3.63, 3.8) is 0 Å². The van der Waals surface area contributed by atoms with Crippen molar-refractivity contribution in [3.8, 4) is 17.3 Å². The van der Waals surface area contributed by atoms with Gasteiger partial charge in [0.15, 0.2) is 0 Å². The number of rotatable bonds is 6. The molecule has 6 heteroatoms. The van der Waals surface area contributed by atoms with Gasteiger partial charge in [0.05, 0.1) is 5.69 Å². The van der Waals surface area contributed by atoms with Gasteiger partial charge in [-0.05, 0) is 44.5 Å². The lowest BCUT2D eigenvalue weighted by Crippen LogP contribution is -2.44. The van der Waals surface area contributed by atoms with Crippen LogP contribution < -0.4 is 10.6 Å². The van der Waals surface area contributed by atoms with E-state index < -0.39 is 5.54 Å². The summed E-state index contributed by atoms with van der Waals surface area (Å²) in [7, 11) is 1.59. The van der Waals surface area contributed by atoms with E-state index in [1.54, 1.807) is 43.4 Å². The molecule has 26 heavy (non-hydrogen) atoms. The first kappa shape index (κ1) is 19.1. The number of benzene rings is 1. The van der Waals surface area contributed by atoms with E-state index in [4.69, 9.17) is 5.26 Å². The molecule has 0 saturated heterocycles. The molecule has 0 bridgehead atoms. The van der Waals surface area contributed by atoms with Gasteiger partial charge in [0.25, 0.3) is 5.91 Å². The monoisotopic (exact) mass is 350 g/mol. The van der Waals surface area contributed by atoms with Crippen LogP contribution >= 0.6 is 0 Å². The van der Waals surface area contributed by atoms with E-state index in [1.807, 2.05) is 26.0 Å². The Labute approximate surface area is 153 Å². The number of hydrogen-bond donors (Lipinski definition) is 2. The lowest BCUT2D eigenvalue weighted by Gasteiger charge is -2.26. The maximum Gasteiger partial charge on any atom is 0.251 e. The molecular weight excluding hydrogens is 328 g/mol. The van der Waals surface area contributed by atoms with Crippen molar-refractivity contribution < 1.29 is 9.59 Å². The van der Waals surface area contributed by atoms with Crippen LogP contribution in [0.2, 0.25) is 0 Å². The highest BCUT2D eigenvalue weighted by Crippen LogP contribution is 2.19. The fourth-order valence-electron chi connectivity index (χ4n) is 2.44. The molecule has 2 aromatic rings. The molecule has 0 aliphatic heterocycles. The van der Waals surface area contributed by atoms with E-state index >= 15 is 0 Å². The molecule has 0 fully saturated rings. The van der Waals surface area contributed by atoms with Crippen LogP contribution in [-0.4, -0.2) is 29.4 Å². The van der Waals surface area contributed by atoms with Gasteiger partial charge in [-0.25, -0.2) is 4.98 Å². The molecule has 1 heterocycles. The molecule has 0 saturated carbocycles. The molecule has 2 rings (SSSR count). The summed E-state index contributed by atoms with van der Waals surface area (Å²) < 4.78 is 0. The number of nitrogens with one attached hydrogen (secondary N) is 2. The molecule has 0 aliphatic rings. The van der Waals surface area contributed by atoms with Gasteiger partial charge < -0.3 is 10.6 Å². The average molecular weight is 350 g/mol. The zero-order valence-electron chi connectivity index (χ0n) is 15.2. The Balaban J connectivity index is 2.06. The Morgan fingerprint density at radius 2 is 1.85 bits per heavy atom. The van der Waals surface area contributed by atoms with Crippen LogP contribution in [0.1, 0.15) is 42.7 Å². The van der Waals surface area contributed by atoms with Crippen LogP contribution in [0.15, 0.2) is 42.5 Å². The molecule has 6 nitrogen and oxygen atoms in total. The lowest BCUT2D eigenvalue weighted by molar-refractivity contribution is -0.121. The van der Waals surface area contributed by atoms with E-state index in [9.17, 15) is 9.59 Å². The molecule has 134 valence electrons. The lowest BCUT2D eigenvalue weighted by atomic mass is 9.97. The molecule has 2 amide bonds. The fraction of sp³-hybridized carbons (Fsp3) is 0.300. The Kier molecular flexibility index (Phi) is 6.07. The summed E-state index contributed by atoms with van der Waals surface area (Å²) in [5.74, 6) is -0.249. The van der Waals surface area contributed by atoms with Crippen LogP contribution in [0.5, 0.6) is 0 Å². The topological polar surface area (TPSA) is 94.9 Å². The van der Waals surface area contributed by atoms with Gasteiger partial charge in [0.2, 0.25) is 5.91 Å². The maximum atomic E-state index is 12.5. The minimum Gasteiger partial charge on any atom is -0.359 e. The van der Waals surface area contributed by atoms with Crippen molar-refractivity contribution in [2.75, 3.05) is 7.05 Å². The molecule has 0 unspecified atom stereocenters. The summed E-state index contributed by atoms with van der Waals surface area (Å²) in [5.41, 5.74) is 1.89. The van der Waals surface area contributed by atoms with E-state index in [-0.39, 0.29) is 11.8 Å². The first-order valence-corrected chi connectivity index (χ1v) is 8.35. The SMILES string of the molecule is CNC(=O)CCC(C)(C)NC(=O)c1ccc(-c2cccc(C#N)n2)cc1. The second kappa shape index (κ2) is 8.26. The van der Waals surface area contributed by atoms with Crippen LogP contribution in [0.4, 0.5) is 0 Å². The third-order valence-electron chi connectivity index (χ3n) is 4.01. The number of nitriles is 1. The Morgan fingerprint density at radius 1 is 1.15 bits per heavy atom. The van der Waals surface area contributed by atoms with Gasteiger partial charge in [-0.3, -0.25) is 9.59 Å². The molecule has 0 atom stereocenters. The van der Waals surface area contributed by atoms with Gasteiger partial charge >= 0.3 is 0 Å². The third-order valence-corrected chi connectivity index (χ3v) is 4.01. The van der Waals surface area contributed by atoms with Gasteiger partial charge in [-0.2, -0.15) is 5.26 Å². The smallest absolute Gasteiger partial charge is 0.251 e. The van der Waals surface area contributed by atoms with Gasteiger partial charge in [0.1, 0.15) is 11.8 Å². The van der Waals surface area contributed by atoms with E-state index in [2.05, 4.69) is 15.6 Å². The van der Waals surface area contributed by atoms with Crippen molar-refractivity contribution in [2.24, 2.45) is 0 Å². The van der Waals surface area contributed by atoms with E-state index in [1.165, 1.54) is 0 Å². The number of carbonyl (C=O) groups excluding carboxylic acids is 2. The van der Waals surface area contributed by atoms with Crippen molar-refractivity contribution in [1.82, 2.24) is 15.6 Å². The van der Waals surface area contributed by atoms with E-state index in [0.717, 1.165) is 5.56 Å². The van der Waals surface area contributed by atoms with Crippen LogP contribution in [0.25, 0.3) is 11.3 Å². The minimum absolute atomic E-state index is 0.0521. The summed E-state index contributed by atoms with van der Waals surface area (Å²) in [6.45, 7) is 3.78. The number of hydrogen-bond acceptors (Lipinski definition) is 4. The van der Waals surface area contributed by atoms with Crippen molar-refractivity contribution in [2.45, 2.75) is 32.2 Å². The zero-order valence-corrected chi connectivity index (χ0v) is 15.2. The van der Waals surface area contributed by atoms with Crippen molar-refractivity contribution in [3.05, 3.63) is 53.7 Å². The fourth-order valence-corrected chi connectivity index (χ4v) is 2.44. The average Bonchev–Trinajstić information content (AvgIpc) is 2.66. The molecule has 0 aliphatic carbocycles. The highest BCUT2D eigenvalue weighted by molar-refractivity contribution is 5.95. The van der Waals surface area contributed by atoms with Crippen LogP contribution in [-0.2, 0) is 4.79 Å². The predicted molar refractivity (Wildman–Crippen MR) is 99.2 cm³/mol. The Morgan fingerprint density at radius 3 is 2.46 bits per heavy atom. The minimum atomic E-state index is -0.495. The zero-order chi connectivity index (χ0) is 19.2. The third kappa shape index (κ3) is 5.15. The van der Waals surface area contributed by atoms with Crippen molar-refractivity contribution >= 4 is 11.8 Å². The van der Waals surface area contributed by atoms with Crippen LogP contribution in [0, 0.1) is 11.3 Å². The second-order valence-corrected chi connectivity index (χ2v) is 6.61. The highest BCUT2D eigenvalue weighted by atomic mass is 16.2. The Bertz CT molecular complexity index is 836. The molecular formula is C20H22N4O2. The summed E-state index contributed by atoms with van der Waals surface area (Å²) in [6, 6.07) is 14.3. The van der Waals surface area contributed by atoms with Crippen molar-refractivity contribution in [1.29, 1.82) is 5.26 Å². The summed E-state index contributed by atoms with van der Waals surface area (Å²) in [6.07, 6.45) is 0.894. The quantitative estimate of drug-likeness (QED) is 0.837. The standard InChI is InChI=1S/C20H22N4O2/c1-20(2,12-11-18(25)22-3)24-19(26)15-9-7-14(8-10-15)17-6-4-5-16(13-21)23-17/h4-10H,11-12H2,1-3H3,(H,22,25)(H,24,26). The molecule has 1 aromatic carbocycles. The molecule has 2 N–H and O–H groups in total. The van der Waals surface area contributed by atoms with Gasteiger partial charge in [-0.1, -0.05) is 18.2 Å². The molecule has 1 aromatic heterocycles. The number of carbonyl (C=O) groups is 2. The molecule has 0 spiro atoms. The predicted octanol–water partition coefficient (Wildman–Crippen LogP) is 2.65. The Hall–Kier alpha value is -3.20. The normalized spacial score (nSPS) is 10.7. The summed E-state index contributed by atoms with van der Waals surface area (Å²) in [5, 5.41) is 14.5. The number of amides is 2. The number of pyridine rings is 1.